The molecule has 1 heterocycles. The average molecular weight is 165 g/mol. The van der Waals surface area contributed by atoms with Crippen molar-refractivity contribution in [2.45, 2.75) is 25.7 Å². The van der Waals surface area contributed by atoms with E-state index >= 15 is 0 Å². The van der Waals surface area contributed by atoms with Crippen LogP contribution >= 0.6 is 0 Å². The molecule has 3 nitrogen and oxygen atoms in total. The molecular weight excluding hydrogens is 150 g/mol. The van der Waals surface area contributed by atoms with Gasteiger partial charge < -0.3 is 5.01 Å². The summed E-state index contributed by atoms with van der Waals surface area (Å²) in [5, 5.41) is 6.37. The van der Waals surface area contributed by atoms with E-state index < -0.39 is 0 Å². The van der Waals surface area contributed by atoms with Gasteiger partial charge in [0.25, 0.3) is 0 Å². The van der Waals surface area contributed by atoms with Gasteiger partial charge in [-0.1, -0.05) is 0 Å². The highest BCUT2D eigenvalue weighted by Crippen LogP contribution is 2.19. The van der Waals surface area contributed by atoms with E-state index in [1.165, 1.54) is 36.9 Å². The van der Waals surface area contributed by atoms with Gasteiger partial charge in [-0.25, -0.2) is 0 Å². The van der Waals surface area contributed by atoms with Crippen molar-refractivity contribution in [2.75, 3.05) is 19.1 Å². The van der Waals surface area contributed by atoms with E-state index in [1.54, 1.807) is 0 Å². The minimum atomic E-state index is 1.19. The fraction of sp³-hybridized carbons (Fsp3) is 0.667. The summed E-state index contributed by atoms with van der Waals surface area (Å²) in [6.07, 6.45) is 7.05. The largest absolute Gasteiger partial charge is 0.303 e. The number of aryl methyl sites for hydroxylation is 1. The first-order chi connectivity index (χ1) is 5.79. The Morgan fingerprint density at radius 3 is 2.83 bits per heavy atom. The molecule has 0 saturated carbocycles. The van der Waals surface area contributed by atoms with Crippen molar-refractivity contribution >= 4 is 0 Å². The second-order valence-corrected chi connectivity index (χ2v) is 3.56. The predicted molar refractivity (Wildman–Crippen MR) is 48.9 cm³/mol. The first kappa shape index (κ1) is 7.65. The van der Waals surface area contributed by atoms with Crippen molar-refractivity contribution in [1.82, 2.24) is 9.89 Å². The highest BCUT2D eigenvalue weighted by atomic mass is 15.6. The van der Waals surface area contributed by atoms with Crippen molar-refractivity contribution in [1.29, 1.82) is 0 Å². The summed E-state index contributed by atoms with van der Waals surface area (Å²) in [6.45, 7) is 0. The van der Waals surface area contributed by atoms with Gasteiger partial charge in [0.2, 0.25) is 0 Å². The first-order valence-electron chi connectivity index (χ1n) is 4.52. The van der Waals surface area contributed by atoms with Gasteiger partial charge in [-0.2, -0.15) is 9.89 Å². The third-order valence-electron chi connectivity index (χ3n) is 2.42. The van der Waals surface area contributed by atoms with Crippen LogP contribution in [0.15, 0.2) is 6.20 Å². The van der Waals surface area contributed by atoms with E-state index in [1.807, 2.05) is 30.1 Å². The zero-order chi connectivity index (χ0) is 8.55. The lowest BCUT2D eigenvalue weighted by atomic mass is 9.99. The molecule has 0 amide bonds. The maximum Gasteiger partial charge on any atom is 0.0653 e. The van der Waals surface area contributed by atoms with Gasteiger partial charge in [0, 0.05) is 14.1 Å². The lowest BCUT2D eigenvalue weighted by Gasteiger charge is -2.19. The quantitative estimate of drug-likeness (QED) is 0.618. The van der Waals surface area contributed by atoms with E-state index in [-0.39, 0.29) is 0 Å². The van der Waals surface area contributed by atoms with Crippen LogP contribution in [0.5, 0.6) is 0 Å². The van der Waals surface area contributed by atoms with E-state index in [0.717, 1.165) is 0 Å². The molecule has 0 aliphatic heterocycles. The second kappa shape index (κ2) is 2.81. The van der Waals surface area contributed by atoms with Crippen molar-refractivity contribution in [3.8, 4) is 0 Å². The number of nitrogens with zero attached hydrogens (tertiary/aromatic N) is 3. The summed E-state index contributed by atoms with van der Waals surface area (Å²) < 4.78 is 0. The number of rotatable bonds is 1. The summed E-state index contributed by atoms with van der Waals surface area (Å²) in [7, 11) is 4.06. The molecule has 1 aromatic rings. The van der Waals surface area contributed by atoms with Gasteiger partial charge in [-0.3, -0.25) is 0 Å². The molecular formula is C9H15N3. The van der Waals surface area contributed by atoms with E-state index in [9.17, 15) is 0 Å². The van der Waals surface area contributed by atoms with Gasteiger partial charge in [-0.05, 0) is 31.2 Å². The second-order valence-electron chi connectivity index (χ2n) is 3.56. The number of hydrogen-bond acceptors (Lipinski definition) is 2. The number of hydrogen-bond donors (Lipinski definition) is 0. The molecule has 1 aliphatic carbocycles. The average Bonchev–Trinajstić information content (AvgIpc) is 2.47. The van der Waals surface area contributed by atoms with Crippen LogP contribution in [0.3, 0.4) is 0 Å². The van der Waals surface area contributed by atoms with Crippen LogP contribution in [-0.4, -0.2) is 24.0 Å². The smallest absolute Gasteiger partial charge is 0.0653 e. The third kappa shape index (κ3) is 1.09. The Labute approximate surface area is 73.0 Å². The molecule has 0 saturated heterocycles. The fourth-order valence-corrected chi connectivity index (χ4v) is 1.82. The van der Waals surface area contributed by atoms with Crippen LogP contribution in [0.4, 0.5) is 0 Å². The molecule has 0 fully saturated rings. The predicted octanol–water partition coefficient (Wildman–Crippen LogP) is 0.959. The minimum absolute atomic E-state index is 1.19. The Bertz CT molecular complexity index is 275. The van der Waals surface area contributed by atoms with Crippen LogP contribution in [0, 0.1) is 0 Å². The third-order valence-corrected chi connectivity index (χ3v) is 2.42. The summed E-state index contributed by atoms with van der Waals surface area (Å²) >= 11 is 0. The maximum absolute atomic E-state index is 4.34. The Kier molecular flexibility index (Phi) is 1.79. The zero-order valence-electron chi connectivity index (χ0n) is 7.75. The van der Waals surface area contributed by atoms with Crippen LogP contribution in [0.1, 0.15) is 24.1 Å². The Morgan fingerprint density at radius 1 is 1.33 bits per heavy atom. The summed E-state index contributed by atoms with van der Waals surface area (Å²) in [5.41, 5.74) is 2.85. The Hall–Kier alpha value is -0.990. The van der Waals surface area contributed by atoms with E-state index in [2.05, 4.69) is 5.10 Å². The minimum Gasteiger partial charge on any atom is -0.303 e. The molecule has 1 aliphatic rings. The van der Waals surface area contributed by atoms with Gasteiger partial charge in [-0.15, -0.1) is 0 Å². The molecule has 0 spiro atoms. The Balaban J connectivity index is 2.38. The standard InChI is InChI=1S/C9H15N3/c1-11(2)12-9-6-4-3-5-8(9)7-10-12/h7H,3-6H2,1-2H3. The summed E-state index contributed by atoms with van der Waals surface area (Å²) in [4.78, 5) is 2.01. The molecule has 1 aromatic heterocycles. The van der Waals surface area contributed by atoms with E-state index in [4.69, 9.17) is 0 Å². The van der Waals surface area contributed by atoms with Crippen molar-refractivity contribution < 1.29 is 0 Å². The van der Waals surface area contributed by atoms with Gasteiger partial charge >= 0.3 is 0 Å². The highest BCUT2D eigenvalue weighted by molar-refractivity contribution is 5.21. The molecule has 3 heteroatoms. The van der Waals surface area contributed by atoms with Crippen LogP contribution < -0.4 is 5.01 Å². The number of aromatic nitrogens is 2. The van der Waals surface area contributed by atoms with Gasteiger partial charge in [0.05, 0.1) is 11.9 Å². The SMILES string of the molecule is CN(C)n1ncc2c1CCCC2. The summed E-state index contributed by atoms with van der Waals surface area (Å²) in [5.74, 6) is 0. The van der Waals surface area contributed by atoms with Crippen LogP contribution in [-0.2, 0) is 12.8 Å². The molecule has 0 N–H and O–H groups in total. The molecule has 12 heavy (non-hydrogen) atoms. The first-order valence-corrected chi connectivity index (χ1v) is 4.52. The lowest BCUT2D eigenvalue weighted by Crippen LogP contribution is -2.28. The molecule has 0 radical (unpaired) electrons. The Morgan fingerprint density at radius 2 is 2.08 bits per heavy atom. The zero-order valence-corrected chi connectivity index (χ0v) is 7.75. The molecule has 2 rings (SSSR count). The van der Waals surface area contributed by atoms with Crippen molar-refractivity contribution in [3.63, 3.8) is 0 Å². The molecule has 66 valence electrons. The normalized spacial score (nSPS) is 15.8. The fourth-order valence-electron chi connectivity index (χ4n) is 1.82. The molecule has 0 unspecified atom stereocenters. The van der Waals surface area contributed by atoms with Crippen molar-refractivity contribution in [2.24, 2.45) is 0 Å². The van der Waals surface area contributed by atoms with E-state index in [0.29, 0.717) is 0 Å². The topological polar surface area (TPSA) is 21.1 Å². The van der Waals surface area contributed by atoms with Crippen LogP contribution in [0.2, 0.25) is 0 Å². The lowest BCUT2D eigenvalue weighted by molar-refractivity contribution is 0.571. The molecule has 0 bridgehead atoms. The summed E-state index contributed by atoms with van der Waals surface area (Å²) in [6, 6.07) is 0. The monoisotopic (exact) mass is 165 g/mol. The molecule has 0 aromatic carbocycles. The molecule has 0 atom stereocenters. The van der Waals surface area contributed by atoms with Gasteiger partial charge in [0.15, 0.2) is 0 Å². The van der Waals surface area contributed by atoms with Crippen LogP contribution in [0.25, 0.3) is 0 Å². The maximum atomic E-state index is 4.34. The highest BCUT2D eigenvalue weighted by Gasteiger charge is 2.15. The van der Waals surface area contributed by atoms with Crippen molar-refractivity contribution in [3.05, 3.63) is 17.5 Å². The number of fused-ring (bicyclic) bond motifs is 1. The van der Waals surface area contributed by atoms with Gasteiger partial charge in [0.1, 0.15) is 0 Å².